The van der Waals surface area contributed by atoms with Gasteiger partial charge in [0.1, 0.15) is 19.3 Å². The van der Waals surface area contributed by atoms with Crippen LogP contribution in [0.3, 0.4) is 0 Å². The Morgan fingerprint density at radius 3 is 0.724 bits per heavy atom. The van der Waals surface area contributed by atoms with Crippen LogP contribution in [0.5, 0.6) is 0 Å². The van der Waals surface area contributed by atoms with Gasteiger partial charge in [0.2, 0.25) is 0 Å². The van der Waals surface area contributed by atoms with Gasteiger partial charge in [0.25, 0.3) is 0 Å². The third kappa shape index (κ3) is 77.2. The lowest BCUT2D eigenvalue weighted by Gasteiger charge is -2.21. The summed E-state index contributed by atoms with van der Waals surface area (Å²) in [6.07, 6.45) is 66.5. The summed E-state index contributed by atoms with van der Waals surface area (Å²) in [6, 6.07) is 0. The molecule has 7 atom stereocenters. The SMILES string of the molecule is CCCCCCCCCCCCCCCCCCCCCCC(=O)O[C@H](COC(=O)CCCCCCCCCCCCCCCCCCC(C)C)COP(=O)(O)OC[C@@H](O)COP(=O)(O)OC[C@@H](COC(=O)CCCCCCCCCCC(C)CC)OC(=O)CCCCCCCCCCCCC(C)CC. The lowest BCUT2D eigenvalue weighted by atomic mass is 9.99. The molecule has 0 radical (unpaired) electrons. The van der Waals surface area contributed by atoms with Gasteiger partial charge in [-0.1, -0.05) is 402 Å². The van der Waals surface area contributed by atoms with E-state index in [2.05, 4.69) is 48.5 Å². The van der Waals surface area contributed by atoms with Gasteiger partial charge in [0, 0.05) is 25.7 Å². The highest BCUT2D eigenvalue weighted by atomic mass is 31.2. The normalized spacial score (nSPS) is 14.4. The molecule has 624 valence electrons. The molecule has 0 amide bonds. The zero-order valence-corrected chi connectivity index (χ0v) is 71.0. The second-order valence-corrected chi connectivity index (χ2v) is 34.8. The van der Waals surface area contributed by atoms with Gasteiger partial charge < -0.3 is 33.8 Å². The highest BCUT2D eigenvalue weighted by Crippen LogP contribution is 2.45. The predicted molar refractivity (Wildman–Crippen MR) is 432 cm³/mol. The number of rotatable bonds is 84. The number of hydrogen-bond acceptors (Lipinski definition) is 15. The zero-order valence-electron chi connectivity index (χ0n) is 69.2. The van der Waals surface area contributed by atoms with E-state index in [1.54, 1.807) is 0 Å². The van der Waals surface area contributed by atoms with E-state index < -0.39 is 97.5 Å². The first-order chi connectivity index (χ1) is 50.8. The highest BCUT2D eigenvalue weighted by molar-refractivity contribution is 7.47. The van der Waals surface area contributed by atoms with Gasteiger partial charge in [0.05, 0.1) is 26.4 Å². The Morgan fingerprint density at radius 1 is 0.276 bits per heavy atom. The average Bonchev–Trinajstić information content (AvgIpc) is 0.906. The average molecular weight is 1540 g/mol. The molecular weight excluding hydrogens is 1370 g/mol. The molecule has 0 aliphatic carbocycles. The number of phosphoric acid groups is 2. The Bertz CT molecular complexity index is 2030. The summed E-state index contributed by atoms with van der Waals surface area (Å²) in [5.41, 5.74) is 0. The van der Waals surface area contributed by atoms with Crippen LogP contribution in [0.4, 0.5) is 0 Å². The van der Waals surface area contributed by atoms with Crippen molar-refractivity contribution in [2.45, 2.75) is 471 Å². The van der Waals surface area contributed by atoms with Gasteiger partial charge in [-0.3, -0.25) is 37.3 Å². The first kappa shape index (κ1) is 103. The van der Waals surface area contributed by atoms with Crippen molar-refractivity contribution in [3.05, 3.63) is 0 Å². The molecule has 3 N–H and O–H groups in total. The number of esters is 4. The number of carbonyl (C=O) groups excluding carboxylic acids is 4. The molecule has 0 fully saturated rings. The molecule has 105 heavy (non-hydrogen) atoms. The first-order valence-electron chi connectivity index (χ1n) is 44.4. The third-order valence-corrected chi connectivity index (χ3v) is 22.8. The van der Waals surface area contributed by atoms with Crippen LogP contribution in [0.1, 0.15) is 453 Å². The molecule has 19 heteroatoms. The topological polar surface area (TPSA) is 237 Å². The minimum atomic E-state index is -4.97. The molecule has 0 aromatic rings. The van der Waals surface area contributed by atoms with Crippen LogP contribution in [0.25, 0.3) is 0 Å². The quantitative estimate of drug-likeness (QED) is 0.0222. The van der Waals surface area contributed by atoms with Crippen molar-refractivity contribution < 1.29 is 80.2 Å². The number of aliphatic hydroxyl groups excluding tert-OH is 1. The van der Waals surface area contributed by atoms with E-state index in [0.717, 1.165) is 108 Å². The van der Waals surface area contributed by atoms with Gasteiger partial charge in [0.15, 0.2) is 12.2 Å². The third-order valence-electron chi connectivity index (χ3n) is 20.9. The molecule has 0 saturated carbocycles. The fourth-order valence-electron chi connectivity index (χ4n) is 13.3. The molecule has 0 aromatic carbocycles. The second kappa shape index (κ2) is 76.1. The lowest BCUT2D eigenvalue weighted by Crippen LogP contribution is -2.30. The van der Waals surface area contributed by atoms with Crippen molar-refractivity contribution in [2.24, 2.45) is 17.8 Å². The molecule has 0 spiro atoms. The maximum atomic E-state index is 13.2. The summed E-state index contributed by atoms with van der Waals surface area (Å²) < 4.78 is 68.9. The maximum Gasteiger partial charge on any atom is 0.472 e. The van der Waals surface area contributed by atoms with E-state index >= 15 is 0 Å². The Kier molecular flexibility index (Phi) is 74.7. The van der Waals surface area contributed by atoms with E-state index in [0.29, 0.717) is 25.7 Å². The Labute approximate surface area is 645 Å². The van der Waals surface area contributed by atoms with Gasteiger partial charge in [-0.05, 0) is 43.4 Å². The number of ether oxygens (including phenoxy) is 4. The van der Waals surface area contributed by atoms with E-state index in [-0.39, 0.29) is 25.7 Å². The highest BCUT2D eigenvalue weighted by Gasteiger charge is 2.30. The zero-order chi connectivity index (χ0) is 77.2. The molecule has 0 saturated heterocycles. The van der Waals surface area contributed by atoms with E-state index in [4.69, 9.17) is 37.0 Å². The van der Waals surface area contributed by atoms with Crippen molar-refractivity contribution in [3.63, 3.8) is 0 Å². The van der Waals surface area contributed by atoms with Gasteiger partial charge in [-0.15, -0.1) is 0 Å². The monoisotopic (exact) mass is 1540 g/mol. The molecule has 0 aromatic heterocycles. The number of aliphatic hydroxyl groups is 1. The summed E-state index contributed by atoms with van der Waals surface area (Å²) >= 11 is 0. The number of unbranched alkanes of at least 4 members (excludes halogenated alkanes) is 50. The molecular formula is C86H168O17P2. The van der Waals surface area contributed by atoms with Crippen molar-refractivity contribution >= 4 is 39.5 Å². The molecule has 0 aliphatic rings. The largest absolute Gasteiger partial charge is 0.472 e. The predicted octanol–water partition coefficient (Wildman–Crippen LogP) is 26.1. The number of hydrogen-bond donors (Lipinski definition) is 3. The summed E-state index contributed by atoms with van der Waals surface area (Å²) in [5, 5.41) is 10.7. The van der Waals surface area contributed by atoms with Crippen LogP contribution >= 0.6 is 15.6 Å². The smallest absolute Gasteiger partial charge is 0.462 e. The standard InChI is InChI=1S/C86H168O17P2/c1-8-11-12-13-14-15-16-17-18-19-20-21-22-27-30-33-39-48-55-62-69-85(90)102-81(73-96-83(88)67-60-53-46-38-32-29-26-24-23-25-28-31-36-43-50-57-64-77(4)5)75-100-104(92,93)98-71-80(87)72-99-105(94,95)101-76-82(74-97-84(89)68-61-54-47-42-41-45-52-59-66-79(7)10-3)103-86(91)70-63-56-49-40-35-34-37-44-51-58-65-78(6)9-2/h77-82,87H,8-76H2,1-7H3,(H,92,93)(H,94,95)/t78?,79?,80-,81-,82-/m1/s1. The minimum absolute atomic E-state index is 0.106. The van der Waals surface area contributed by atoms with E-state index in [1.807, 2.05) is 0 Å². The molecule has 17 nitrogen and oxygen atoms in total. The Hall–Kier alpha value is -1.94. The number of phosphoric ester groups is 2. The maximum absolute atomic E-state index is 13.2. The summed E-state index contributed by atoms with van der Waals surface area (Å²) in [5.74, 6) is 0.288. The van der Waals surface area contributed by atoms with Crippen molar-refractivity contribution in [1.82, 2.24) is 0 Å². The van der Waals surface area contributed by atoms with Gasteiger partial charge in [-0.2, -0.15) is 0 Å². The van der Waals surface area contributed by atoms with Crippen molar-refractivity contribution in [2.75, 3.05) is 39.6 Å². The van der Waals surface area contributed by atoms with E-state index in [1.165, 1.54) is 263 Å². The fourth-order valence-corrected chi connectivity index (χ4v) is 14.9. The molecule has 4 unspecified atom stereocenters. The number of carbonyl (C=O) groups is 4. The van der Waals surface area contributed by atoms with Crippen molar-refractivity contribution in [3.8, 4) is 0 Å². The summed E-state index contributed by atoms with van der Waals surface area (Å²) in [6.45, 7) is 12.0. The fraction of sp³-hybridized carbons (Fsp3) is 0.953. The molecule has 0 aliphatic heterocycles. The Balaban J connectivity index is 5.26. The minimum Gasteiger partial charge on any atom is -0.462 e. The van der Waals surface area contributed by atoms with Crippen LogP contribution < -0.4 is 0 Å². The van der Waals surface area contributed by atoms with Gasteiger partial charge in [-0.25, -0.2) is 9.13 Å². The van der Waals surface area contributed by atoms with Crippen LogP contribution in [-0.2, 0) is 65.4 Å². The van der Waals surface area contributed by atoms with Crippen molar-refractivity contribution in [1.29, 1.82) is 0 Å². The molecule has 0 bridgehead atoms. The van der Waals surface area contributed by atoms with Crippen LogP contribution in [0.15, 0.2) is 0 Å². The summed E-state index contributed by atoms with van der Waals surface area (Å²) in [4.78, 5) is 73.2. The molecule has 0 heterocycles. The van der Waals surface area contributed by atoms with Crippen LogP contribution in [-0.4, -0.2) is 96.7 Å². The van der Waals surface area contributed by atoms with Crippen LogP contribution in [0.2, 0.25) is 0 Å². The second-order valence-electron chi connectivity index (χ2n) is 31.9. The Morgan fingerprint density at radius 2 is 0.486 bits per heavy atom. The summed E-state index contributed by atoms with van der Waals surface area (Å²) in [7, 11) is -9.93. The lowest BCUT2D eigenvalue weighted by molar-refractivity contribution is -0.161. The van der Waals surface area contributed by atoms with Gasteiger partial charge >= 0.3 is 39.5 Å². The van der Waals surface area contributed by atoms with Crippen LogP contribution in [0, 0.1) is 17.8 Å². The first-order valence-corrected chi connectivity index (χ1v) is 47.4. The molecule has 0 rings (SSSR count). The van der Waals surface area contributed by atoms with E-state index in [9.17, 15) is 43.2 Å².